The molecule has 6 nitrogen and oxygen atoms in total. The van der Waals surface area contributed by atoms with Crippen molar-refractivity contribution in [1.82, 2.24) is 10.2 Å². The average molecular weight is 409 g/mol. The molecule has 9 heteroatoms. The third-order valence-corrected chi connectivity index (χ3v) is 4.98. The number of halogens is 2. The maximum atomic E-state index is 12.1. The molecule has 0 radical (unpaired) electrons. The Balaban J connectivity index is 1.58. The molecular formula is C17H14Cl2N4O2S. The fourth-order valence-electron chi connectivity index (χ4n) is 2.04. The Labute approximate surface area is 164 Å². The summed E-state index contributed by atoms with van der Waals surface area (Å²) in [7, 11) is 0. The van der Waals surface area contributed by atoms with Crippen LogP contribution in [0.1, 0.15) is 18.0 Å². The molecule has 0 aliphatic carbocycles. The molecule has 26 heavy (non-hydrogen) atoms. The van der Waals surface area contributed by atoms with Crippen molar-refractivity contribution < 1.29 is 9.53 Å². The van der Waals surface area contributed by atoms with Gasteiger partial charge >= 0.3 is 6.03 Å². The molecule has 1 atom stereocenters. The predicted molar refractivity (Wildman–Crippen MR) is 104 cm³/mol. The predicted octanol–water partition coefficient (Wildman–Crippen LogP) is 5.63. The van der Waals surface area contributed by atoms with E-state index in [1.165, 1.54) is 11.3 Å². The molecule has 1 aromatic heterocycles. The van der Waals surface area contributed by atoms with Crippen LogP contribution in [0, 0.1) is 0 Å². The summed E-state index contributed by atoms with van der Waals surface area (Å²) in [6.45, 7) is 1.87. The van der Waals surface area contributed by atoms with Crippen LogP contribution >= 0.6 is 34.5 Å². The number of hydrogen-bond donors (Lipinski definition) is 2. The van der Waals surface area contributed by atoms with Gasteiger partial charge in [-0.05, 0) is 37.3 Å². The van der Waals surface area contributed by atoms with Crippen LogP contribution in [0.2, 0.25) is 10.0 Å². The van der Waals surface area contributed by atoms with E-state index in [-0.39, 0.29) is 6.10 Å². The van der Waals surface area contributed by atoms with Crippen LogP contribution in [0.3, 0.4) is 0 Å². The topological polar surface area (TPSA) is 76.1 Å². The van der Waals surface area contributed by atoms with E-state index in [2.05, 4.69) is 20.8 Å². The van der Waals surface area contributed by atoms with Gasteiger partial charge in [0.15, 0.2) is 5.01 Å². The van der Waals surface area contributed by atoms with Crippen LogP contribution in [0.15, 0.2) is 48.5 Å². The normalized spacial score (nSPS) is 11.7. The number of nitrogens with one attached hydrogen (secondary N) is 2. The lowest BCUT2D eigenvalue weighted by atomic mass is 10.3. The molecule has 2 N–H and O–H groups in total. The van der Waals surface area contributed by atoms with Gasteiger partial charge in [0, 0.05) is 5.69 Å². The molecule has 134 valence electrons. The number of para-hydroxylation sites is 1. The third-order valence-electron chi connectivity index (χ3n) is 3.24. The lowest BCUT2D eigenvalue weighted by molar-refractivity contribution is 0.225. The quantitative estimate of drug-likeness (QED) is 0.573. The van der Waals surface area contributed by atoms with Crippen LogP contribution < -0.4 is 15.4 Å². The summed E-state index contributed by atoms with van der Waals surface area (Å²) in [5.74, 6) is 0.738. The molecule has 1 heterocycles. The minimum Gasteiger partial charge on any atom is -0.483 e. The standard InChI is InChI=1S/C17H14Cl2N4O2S/c1-10(25-12-5-3-2-4-6-12)15-22-23-17(26-15)21-16(24)20-11-7-8-13(18)14(19)9-11/h2-10H,1H3,(H2,20,21,23,24)/t10-/m1/s1. The zero-order chi connectivity index (χ0) is 18.5. The molecule has 0 saturated carbocycles. The number of rotatable bonds is 5. The third kappa shape index (κ3) is 4.85. The second-order valence-corrected chi connectivity index (χ2v) is 7.05. The lowest BCUT2D eigenvalue weighted by Gasteiger charge is -2.11. The Morgan fingerprint density at radius 1 is 1.08 bits per heavy atom. The van der Waals surface area contributed by atoms with E-state index in [1.807, 2.05) is 37.3 Å². The smallest absolute Gasteiger partial charge is 0.325 e. The van der Waals surface area contributed by atoms with Gasteiger partial charge in [0.05, 0.1) is 10.0 Å². The monoisotopic (exact) mass is 408 g/mol. The molecule has 0 bridgehead atoms. The highest BCUT2D eigenvalue weighted by Crippen LogP contribution is 2.27. The number of carbonyl (C=O) groups excluding carboxylic acids is 1. The first-order chi connectivity index (χ1) is 12.5. The van der Waals surface area contributed by atoms with Gasteiger partial charge in [-0.3, -0.25) is 5.32 Å². The summed E-state index contributed by atoms with van der Waals surface area (Å²) < 4.78 is 5.79. The SMILES string of the molecule is C[C@@H](Oc1ccccc1)c1nnc(NC(=O)Nc2ccc(Cl)c(Cl)c2)s1. The molecule has 0 unspecified atom stereocenters. The van der Waals surface area contributed by atoms with Crippen LogP contribution in [-0.4, -0.2) is 16.2 Å². The number of ether oxygens (including phenoxy) is 1. The number of amides is 2. The van der Waals surface area contributed by atoms with Crippen molar-refractivity contribution in [2.75, 3.05) is 10.6 Å². The Bertz CT molecular complexity index is 905. The molecule has 0 aliphatic heterocycles. The van der Waals surface area contributed by atoms with E-state index in [9.17, 15) is 4.79 Å². The summed E-state index contributed by atoms with van der Waals surface area (Å²) in [4.78, 5) is 12.1. The zero-order valence-electron chi connectivity index (χ0n) is 13.6. The molecule has 0 spiro atoms. The number of carbonyl (C=O) groups is 1. The number of anilines is 2. The fourth-order valence-corrected chi connectivity index (χ4v) is 3.05. The van der Waals surface area contributed by atoms with Gasteiger partial charge in [0.25, 0.3) is 0 Å². The van der Waals surface area contributed by atoms with Crippen molar-refractivity contribution >= 4 is 51.4 Å². The van der Waals surface area contributed by atoms with E-state index < -0.39 is 6.03 Å². The lowest BCUT2D eigenvalue weighted by Crippen LogP contribution is -2.19. The summed E-state index contributed by atoms with van der Waals surface area (Å²) >= 11 is 13.0. The van der Waals surface area contributed by atoms with Crippen molar-refractivity contribution in [3.63, 3.8) is 0 Å². The van der Waals surface area contributed by atoms with E-state index in [0.29, 0.717) is 25.9 Å². The van der Waals surface area contributed by atoms with Crippen molar-refractivity contribution in [3.05, 3.63) is 63.6 Å². The van der Waals surface area contributed by atoms with E-state index in [1.54, 1.807) is 18.2 Å². The van der Waals surface area contributed by atoms with Gasteiger partial charge in [0.1, 0.15) is 11.9 Å². The number of benzene rings is 2. The Morgan fingerprint density at radius 2 is 1.85 bits per heavy atom. The summed E-state index contributed by atoms with van der Waals surface area (Å²) in [6.07, 6.45) is -0.288. The summed E-state index contributed by atoms with van der Waals surface area (Å²) in [5.41, 5.74) is 0.516. The van der Waals surface area contributed by atoms with Crippen molar-refractivity contribution in [2.45, 2.75) is 13.0 Å². The van der Waals surface area contributed by atoms with Crippen molar-refractivity contribution in [2.24, 2.45) is 0 Å². The second-order valence-electron chi connectivity index (χ2n) is 5.23. The Hall–Kier alpha value is -2.35. The molecule has 0 aliphatic rings. The van der Waals surface area contributed by atoms with Crippen molar-refractivity contribution in [3.8, 4) is 5.75 Å². The van der Waals surface area contributed by atoms with Gasteiger partial charge in [-0.25, -0.2) is 4.79 Å². The first kappa shape index (κ1) is 18.4. The zero-order valence-corrected chi connectivity index (χ0v) is 15.9. The number of hydrogen-bond acceptors (Lipinski definition) is 5. The molecule has 2 amide bonds. The van der Waals surface area contributed by atoms with Gasteiger partial charge in [-0.2, -0.15) is 0 Å². The minimum absolute atomic E-state index is 0.288. The van der Waals surface area contributed by atoms with Crippen LogP contribution in [0.25, 0.3) is 0 Å². The molecule has 0 saturated heterocycles. The van der Waals surface area contributed by atoms with Gasteiger partial charge in [-0.1, -0.05) is 52.7 Å². The molecule has 3 rings (SSSR count). The van der Waals surface area contributed by atoms with Crippen LogP contribution in [0.4, 0.5) is 15.6 Å². The highest BCUT2D eigenvalue weighted by atomic mass is 35.5. The number of urea groups is 1. The average Bonchev–Trinajstić information content (AvgIpc) is 3.07. The van der Waals surface area contributed by atoms with Crippen molar-refractivity contribution in [1.29, 1.82) is 0 Å². The molecular weight excluding hydrogens is 395 g/mol. The fraction of sp³-hybridized carbons (Fsp3) is 0.118. The molecule has 3 aromatic rings. The second kappa shape index (κ2) is 8.35. The van der Waals surface area contributed by atoms with E-state index in [4.69, 9.17) is 27.9 Å². The highest BCUT2D eigenvalue weighted by molar-refractivity contribution is 7.15. The van der Waals surface area contributed by atoms with Crippen LogP contribution in [-0.2, 0) is 0 Å². The number of aromatic nitrogens is 2. The largest absolute Gasteiger partial charge is 0.483 e. The maximum Gasteiger partial charge on any atom is 0.325 e. The summed E-state index contributed by atoms with van der Waals surface area (Å²) in [6, 6.07) is 13.8. The maximum absolute atomic E-state index is 12.1. The first-order valence-electron chi connectivity index (χ1n) is 7.59. The van der Waals surface area contributed by atoms with Gasteiger partial charge in [-0.15, -0.1) is 10.2 Å². The Morgan fingerprint density at radius 3 is 2.58 bits per heavy atom. The Kier molecular flexibility index (Phi) is 5.92. The van der Waals surface area contributed by atoms with Gasteiger partial charge < -0.3 is 10.1 Å². The van der Waals surface area contributed by atoms with E-state index >= 15 is 0 Å². The first-order valence-corrected chi connectivity index (χ1v) is 9.16. The van der Waals surface area contributed by atoms with Crippen LogP contribution in [0.5, 0.6) is 5.75 Å². The molecule has 0 fully saturated rings. The minimum atomic E-state index is -0.456. The molecule has 2 aromatic carbocycles. The summed E-state index contributed by atoms with van der Waals surface area (Å²) in [5, 5.41) is 15.1. The van der Waals surface area contributed by atoms with Gasteiger partial charge in [0.2, 0.25) is 5.13 Å². The number of nitrogens with zero attached hydrogens (tertiary/aromatic N) is 2. The highest BCUT2D eigenvalue weighted by Gasteiger charge is 2.15. The van der Waals surface area contributed by atoms with E-state index in [0.717, 1.165) is 5.75 Å².